The van der Waals surface area contributed by atoms with Crippen molar-refractivity contribution in [2.24, 2.45) is 5.73 Å². The predicted octanol–water partition coefficient (Wildman–Crippen LogP) is 1.85. The number of rotatable bonds is 4. The highest BCUT2D eigenvalue weighted by Gasteiger charge is 2.45. The summed E-state index contributed by atoms with van der Waals surface area (Å²) in [6.45, 7) is 2.39. The molecule has 20 heavy (non-hydrogen) atoms. The number of hydrogen-bond donors (Lipinski definition) is 1. The first-order valence-corrected chi connectivity index (χ1v) is 8.88. The standard InChI is InChI=1S/C14H21ClN2O2S/c1-11(12-4-3-5-13(15)8-12)17(2)14(9-16)6-7-20(18,19)10-14/h3-5,8,11H,6-7,9-10,16H2,1-2H3. The van der Waals surface area contributed by atoms with Crippen molar-refractivity contribution in [1.82, 2.24) is 4.90 Å². The summed E-state index contributed by atoms with van der Waals surface area (Å²) in [5.74, 6) is 0.356. The molecule has 4 nitrogen and oxygen atoms in total. The molecule has 1 heterocycles. The van der Waals surface area contributed by atoms with Gasteiger partial charge in [-0.3, -0.25) is 4.90 Å². The van der Waals surface area contributed by atoms with Gasteiger partial charge in [-0.05, 0) is 38.1 Å². The van der Waals surface area contributed by atoms with Crippen molar-refractivity contribution in [2.45, 2.75) is 24.9 Å². The van der Waals surface area contributed by atoms with Gasteiger partial charge in [-0.25, -0.2) is 8.42 Å². The molecule has 1 aliphatic rings. The minimum absolute atomic E-state index is 0.0607. The summed E-state index contributed by atoms with van der Waals surface area (Å²) < 4.78 is 23.6. The largest absolute Gasteiger partial charge is 0.329 e. The number of likely N-dealkylation sites (N-methyl/N-ethyl adjacent to an activating group) is 1. The average molecular weight is 317 g/mol. The number of nitrogens with zero attached hydrogens (tertiary/aromatic N) is 1. The first-order valence-electron chi connectivity index (χ1n) is 6.68. The number of benzene rings is 1. The van der Waals surface area contributed by atoms with Crippen molar-refractivity contribution >= 4 is 21.4 Å². The maximum absolute atomic E-state index is 11.8. The van der Waals surface area contributed by atoms with Gasteiger partial charge in [-0.1, -0.05) is 23.7 Å². The van der Waals surface area contributed by atoms with E-state index in [1.807, 2.05) is 38.2 Å². The van der Waals surface area contributed by atoms with Crippen molar-refractivity contribution in [3.05, 3.63) is 34.9 Å². The molecule has 1 saturated heterocycles. The fraction of sp³-hybridized carbons (Fsp3) is 0.571. The minimum Gasteiger partial charge on any atom is -0.329 e. The van der Waals surface area contributed by atoms with E-state index in [2.05, 4.69) is 4.90 Å². The van der Waals surface area contributed by atoms with Gasteiger partial charge in [0.2, 0.25) is 0 Å². The van der Waals surface area contributed by atoms with E-state index in [9.17, 15) is 8.42 Å². The molecule has 2 N–H and O–H groups in total. The number of hydrogen-bond acceptors (Lipinski definition) is 4. The molecule has 6 heteroatoms. The fourth-order valence-electron chi connectivity index (χ4n) is 2.88. The Morgan fingerprint density at radius 2 is 2.20 bits per heavy atom. The van der Waals surface area contributed by atoms with Crippen LogP contribution in [-0.4, -0.2) is 44.0 Å². The monoisotopic (exact) mass is 316 g/mol. The first-order chi connectivity index (χ1) is 9.30. The summed E-state index contributed by atoms with van der Waals surface area (Å²) in [4.78, 5) is 2.09. The number of halogens is 1. The molecule has 0 amide bonds. The first kappa shape index (κ1) is 15.8. The summed E-state index contributed by atoms with van der Waals surface area (Å²) >= 11 is 6.03. The van der Waals surface area contributed by atoms with Crippen LogP contribution in [0.1, 0.15) is 24.9 Å². The van der Waals surface area contributed by atoms with Gasteiger partial charge < -0.3 is 5.73 Å². The second kappa shape index (κ2) is 5.64. The highest BCUT2D eigenvalue weighted by atomic mass is 35.5. The quantitative estimate of drug-likeness (QED) is 0.920. The molecule has 1 fully saturated rings. The molecule has 0 radical (unpaired) electrons. The van der Waals surface area contributed by atoms with Crippen LogP contribution in [0.4, 0.5) is 0 Å². The van der Waals surface area contributed by atoms with Crippen LogP contribution in [0.3, 0.4) is 0 Å². The highest BCUT2D eigenvalue weighted by molar-refractivity contribution is 7.91. The van der Waals surface area contributed by atoms with E-state index in [1.54, 1.807) is 0 Å². The Kier molecular flexibility index (Phi) is 4.44. The van der Waals surface area contributed by atoms with Crippen molar-refractivity contribution in [2.75, 3.05) is 25.1 Å². The third-order valence-corrected chi connectivity index (χ3v) is 6.45. The smallest absolute Gasteiger partial charge is 0.152 e. The van der Waals surface area contributed by atoms with E-state index in [0.29, 0.717) is 18.0 Å². The zero-order chi connectivity index (χ0) is 15.0. The Labute approximate surface area is 125 Å². The van der Waals surface area contributed by atoms with Gasteiger partial charge >= 0.3 is 0 Å². The van der Waals surface area contributed by atoms with Crippen LogP contribution < -0.4 is 5.73 Å². The van der Waals surface area contributed by atoms with E-state index in [-0.39, 0.29) is 17.5 Å². The average Bonchev–Trinajstić information content (AvgIpc) is 2.74. The molecule has 0 saturated carbocycles. The van der Waals surface area contributed by atoms with Crippen LogP contribution in [-0.2, 0) is 9.84 Å². The maximum atomic E-state index is 11.8. The zero-order valence-electron chi connectivity index (χ0n) is 11.8. The highest BCUT2D eigenvalue weighted by Crippen LogP contribution is 2.34. The predicted molar refractivity (Wildman–Crippen MR) is 82.7 cm³/mol. The van der Waals surface area contributed by atoms with Gasteiger partial charge in [-0.15, -0.1) is 0 Å². The van der Waals surface area contributed by atoms with Crippen LogP contribution in [0.25, 0.3) is 0 Å². The van der Waals surface area contributed by atoms with Crippen molar-refractivity contribution in [3.8, 4) is 0 Å². The second-order valence-corrected chi connectivity index (χ2v) is 8.23. The molecule has 2 unspecified atom stereocenters. The molecule has 1 aromatic carbocycles. The molecule has 2 atom stereocenters. The second-order valence-electron chi connectivity index (χ2n) is 5.61. The zero-order valence-corrected chi connectivity index (χ0v) is 13.4. The topological polar surface area (TPSA) is 63.4 Å². The summed E-state index contributed by atoms with van der Waals surface area (Å²) in [7, 11) is -1.04. The van der Waals surface area contributed by atoms with Gasteiger partial charge in [0.1, 0.15) is 0 Å². The molecule has 0 aromatic heterocycles. The summed E-state index contributed by atoms with van der Waals surface area (Å²) in [5, 5.41) is 0.684. The number of nitrogens with two attached hydrogens (primary N) is 1. The Bertz CT molecular complexity index is 591. The summed E-state index contributed by atoms with van der Waals surface area (Å²) in [6, 6.07) is 7.71. The molecule has 0 bridgehead atoms. The van der Waals surface area contributed by atoms with E-state index < -0.39 is 15.4 Å². The third-order valence-electron chi connectivity index (χ3n) is 4.41. The molecule has 1 aromatic rings. The lowest BCUT2D eigenvalue weighted by atomic mass is 9.93. The maximum Gasteiger partial charge on any atom is 0.152 e. The lowest BCUT2D eigenvalue weighted by Gasteiger charge is -2.41. The van der Waals surface area contributed by atoms with Crippen LogP contribution >= 0.6 is 11.6 Å². The van der Waals surface area contributed by atoms with Gasteiger partial charge in [0.05, 0.1) is 11.5 Å². The van der Waals surface area contributed by atoms with Crippen LogP contribution in [0.5, 0.6) is 0 Å². The van der Waals surface area contributed by atoms with Crippen LogP contribution in [0.2, 0.25) is 5.02 Å². The number of sulfone groups is 1. The molecule has 0 aliphatic carbocycles. The molecular formula is C14H21ClN2O2S. The SMILES string of the molecule is CC(c1cccc(Cl)c1)N(C)C1(CN)CCS(=O)(=O)C1. The summed E-state index contributed by atoms with van der Waals surface area (Å²) in [5.41, 5.74) is 6.50. The third kappa shape index (κ3) is 3.01. The van der Waals surface area contributed by atoms with E-state index in [1.165, 1.54) is 0 Å². The van der Waals surface area contributed by atoms with Crippen molar-refractivity contribution in [1.29, 1.82) is 0 Å². The molecule has 1 aliphatic heterocycles. The minimum atomic E-state index is -2.98. The normalized spacial score (nSPS) is 26.9. The Hall–Kier alpha value is -0.620. The molecular weight excluding hydrogens is 296 g/mol. The van der Waals surface area contributed by atoms with Crippen molar-refractivity contribution < 1.29 is 8.42 Å². The van der Waals surface area contributed by atoms with E-state index in [0.717, 1.165) is 5.56 Å². The molecule has 112 valence electrons. The van der Waals surface area contributed by atoms with Gasteiger partial charge in [0.25, 0.3) is 0 Å². The molecule has 0 spiro atoms. The lowest BCUT2D eigenvalue weighted by molar-refractivity contribution is 0.106. The lowest BCUT2D eigenvalue weighted by Crippen LogP contribution is -2.53. The van der Waals surface area contributed by atoms with E-state index in [4.69, 9.17) is 17.3 Å². The van der Waals surface area contributed by atoms with Gasteiger partial charge in [-0.2, -0.15) is 0 Å². The van der Waals surface area contributed by atoms with Crippen LogP contribution in [0.15, 0.2) is 24.3 Å². The summed E-state index contributed by atoms with van der Waals surface area (Å²) in [6.07, 6.45) is 0.591. The molecule has 2 rings (SSSR count). The van der Waals surface area contributed by atoms with Crippen molar-refractivity contribution in [3.63, 3.8) is 0 Å². The Morgan fingerprint density at radius 3 is 2.70 bits per heavy atom. The fourth-order valence-corrected chi connectivity index (χ4v) is 5.20. The Morgan fingerprint density at radius 1 is 1.50 bits per heavy atom. The van der Waals surface area contributed by atoms with Crippen LogP contribution in [0, 0.1) is 0 Å². The van der Waals surface area contributed by atoms with Gasteiger partial charge in [0, 0.05) is 23.1 Å². The van der Waals surface area contributed by atoms with Gasteiger partial charge in [0.15, 0.2) is 9.84 Å². The Balaban J connectivity index is 2.27. The van der Waals surface area contributed by atoms with E-state index >= 15 is 0 Å².